The van der Waals surface area contributed by atoms with Crippen molar-refractivity contribution in [3.63, 3.8) is 0 Å². The Hall–Kier alpha value is -3.06. The van der Waals surface area contributed by atoms with Crippen molar-refractivity contribution >= 4 is 10.8 Å². The molecule has 1 heteroatoms. The molecular formula is C23H15O. The second-order valence-electron chi connectivity index (χ2n) is 6.13. The lowest BCUT2D eigenvalue weighted by Gasteiger charge is -2.11. The molecule has 0 saturated carbocycles. The van der Waals surface area contributed by atoms with Crippen LogP contribution in [0.4, 0.5) is 0 Å². The Morgan fingerprint density at radius 1 is 0.708 bits per heavy atom. The minimum atomic E-state index is 0.762. The summed E-state index contributed by atoms with van der Waals surface area (Å²) < 4.78 is 6.20. The van der Waals surface area contributed by atoms with E-state index in [-0.39, 0.29) is 0 Å². The number of hydrogen-bond donors (Lipinski definition) is 0. The summed E-state index contributed by atoms with van der Waals surface area (Å²) in [5.74, 6) is 1.69. The van der Waals surface area contributed by atoms with Crippen molar-refractivity contribution in [2.45, 2.75) is 6.42 Å². The quantitative estimate of drug-likeness (QED) is 0.388. The number of rotatable bonds is 2. The largest absolute Gasteiger partial charge is 0.456 e. The highest BCUT2D eigenvalue weighted by Gasteiger charge is 2.21. The summed E-state index contributed by atoms with van der Waals surface area (Å²) in [5, 5.41) is 2.25. The predicted molar refractivity (Wildman–Crippen MR) is 97.5 cm³/mol. The van der Waals surface area contributed by atoms with Crippen LogP contribution in [0.2, 0.25) is 0 Å². The summed E-state index contributed by atoms with van der Waals surface area (Å²) in [7, 11) is 0. The van der Waals surface area contributed by atoms with Crippen LogP contribution in [0, 0.1) is 6.07 Å². The molecule has 4 aromatic carbocycles. The molecule has 0 N–H and O–H groups in total. The van der Waals surface area contributed by atoms with Gasteiger partial charge in [-0.05, 0) is 39.6 Å². The SMILES string of the molecule is [c]1c(Oc2cccc3c2Cc2ccccc2-3)ccc2ccccc12. The number of ether oxygens (including phenoxy) is 1. The first kappa shape index (κ1) is 13.4. The van der Waals surface area contributed by atoms with E-state index in [4.69, 9.17) is 4.74 Å². The van der Waals surface area contributed by atoms with Gasteiger partial charge < -0.3 is 4.74 Å². The van der Waals surface area contributed by atoms with Gasteiger partial charge in [-0.3, -0.25) is 0 Å². The Morgan fingerprint density at radius 2 is 1.54 bits per heavy atom. The van der Waals surface area contributed by atoms with Crippen LogP contribution < -0.4 is 4.74 Å². The molecule has 4 aromatic rings. The molecular weight excluding hydrogens is 292 g/mol. The minimum absolute atomic E-state index is 0.762. The maximum Gasteiger partial charge on any atom is 0.136 e. The molecule has 0 aromatic heterocycles. The third-order valence-corrected chi connectivity index (χ3v) is 4.66. The molecule has 0 saturated heterocycles. The van der Waals surface area contributed by atoms with Crippen LogP contribution in [-0.4, -0.2) is 0 Å². The molecule has 1 nitrogen and oxygen atoms in total. The zero-order valence-corrected chi connectivity index (χ0v) is 13.1. The highest BCUT2D eigenvalue weighted by atomic mass is 16.5. The van der Waals surface area contributed by atoms with Gasteiger partial charge in [-0.1, -0.05) is 66.7 Å². The van der Waals surface area contributed by atoms with Crippen LogP contribution in [0.5, 0.6) is 11.5 Å². The third kappa shape index (κ3) is 2.10. The molecule has 0 aliphatic heterocycles. The molecule has 1 aliphatic rings. The monoisotopic (exact) mass is 307 g/mol. The number of hydrogen-bond acceptors (Lipinski definition) is 1. The van der Waals surface area contributed by atoms with E-state index in [1.807, 2.05) is 24.3 Å². The lowest BCUT2D eigenvalue weighted by Crippen LogP contribution is -1.91. The maximum atomic E-state index is 6.20. The topological polar surface area (TPSA) is 9.23 Å². The highest BCUT2D eigenvalue weighted by Crippen LogP contribution is 2.42. The van der Waals surface area contributed by atoms with Crippen LogP contribution in [0.25, 0.3) is 21.9 Å². The standard InChI is InChI=1S/C23H15O/c1-2-7-17-14-19(13-12-16(17)6-1)24-23-11-5-10-21-20-9-4-3-8-18(20)15-22(21)23/h1-13H,15H2. The van der Waals surface area contributed by atoms with E-state index >= 15 is 0 Å². The van der Waals surface area contributed by atoms with Crippen LogP contribution in [0.1, 0.15) is 11.1 Å². The molecule has 5 rings (SSSR count). The van der Waals surface area contributed by atoms with Gasteiger partial charge in [0.05, 0.1) is 0 Å². The first-order valence-corrected chi connectivity index (χ1v) is 8.17. The average molecular weight is 307 g/mol. The van der Waals surface area contributed by atoms with E-state index in [1.54, 1.807) is 0 Å². The van der Waals surface area contributed by atoms with Crippen molar-refractivity contribution in [1.29, 1.82) is 0 Å². The summed E-state index contributed by atoms with van der Waals surface area (Å²) in [6, 6.07) is 30.5. The zero-order valence-electron chi connectivity index (χ0n) is 13.1. The summed E-state index contributed by atoms with van der Waals surface area (Å²) in [6.07, 6.45) is 0.926. The second kappa shape index (κ2) is 5.24. The Labute approximate surface area is 141 Å². The van der Waals surface area contributed by atoms with Crippen LogP contribution in [0.3, 0.4) is 0 Å². The maximum absolute atomic E-state index is 6.20. The van der Waals surface area contributed by atoms with Gasteiger partial charge in [0, 0.05) is 18.1 Å². The van der Waals surface area contributed by atoms with Gasteiger partial charge in [-0.15, -0.1) is 0 Å². The summed E-state index contributed by atoms with van der Waals surface area (Å²) in [4.78, 5) is 0. The molecule has 24 heavy (non-hydrogen) atoms. The van der Waals surface area contributed by atoms with Crippen molar-refractivity contribution in [1.82, 2.24) is 0 Å². The van der Waals surface area contributed by atoms with E-state index in [1.165, 1.54) is 27.6 Å². The summed E-state index contributed by atoms with van der Waals surface area (Å²) in [6.45, 7) is 0. The lowest BCUT2D eigenvalue weighted by atomic mass is 10.1. The van der Waals surface area contributed by atoms with Crippen LogP contribution in [0.15, 0.2) is 78.9 Å². The van der Waals surface area contributed by atoms with Crippen molar-refractivity contribution in [3.05, 3.63) is 96.1 Å². The van der Waals surface area contributed by atoms with Crippen molar-refractivity contribution < 1.29 is 4.74 Å². The molecule has 0 unspecified atom stereocenters. The lowest BCUT2D eigenvalue weighted by molar-refractivity contribution is 0.478. The number of fused-ring (bicyclic) bond motifs is 4. The van der Waals surface area contributed by atoms with Crippen LogP contribution >= 0.6 is 0 Å². The first-order chi connectivity index (χ1) is 11.9. The van der Waals surface area contributed by atoms with Gasteiger partial charge in [0.25, 0.3) is 0 Å². The third-order valence-electron chi connectivity index (χ3n) is 4.66. The van der Waals surface area contributed by atoms with Crippen molar-refractivity contribution in [2.75, 3.05) is 0 Å². The van der Waals surface area contributed by atoms with Gasteiger partial charge in [-0.25, -0.2) is 0 Å². The molecule has 1 aliphatic carbocycles. The fraction of sp³-hybridized carbons (Fsp3) is 0.0435. The molecule has 0 atom stereocenters. The van der Waals surface area contributed by atoms with E-state index in [2.05, 4.69) is 60.7 Å². The number of benzene rings is 4. The second-order valence-corrected chi connectivity index (χ2v) is 6.13. The Morgan fingerprint density at radius 3 is 2.54 bits per heavy atom. The predicted octanol–water partition coefficient (Wildman–Crippen LogP) is 6.00. The fourth-order valence-corrected chi connectivity index (χ4v) is 3.50. The Kier molecular flexibility index (Phi) is 2.92. The molecule has 0 bridgehead atoms. The zero-order chi connectivity index (χ0) is 15.9. The van der Waals surface area contributed by atoms with E-state index in [9.17, 15) is 0 Å². The van der Waals surface area contributed by atoms with Gasteiger partial charge in [0.1, 0.15) is 11.5 Å². The molecule has 1 radical (unpaired) electrons. The molecule has 0 fully saturated rings. The average Bonchev–Trinajstić information content (AvgIpc) is 3.02. The molecule has 0 amide bonds. The molecule has 0 spiro atoms. The van der Waals surface area contributed by atoms with E-state index in [0.29, 0.717) is 0 Å². The first-order valence-electron chi connectivity index (χ1n) is 8.17. The van der Waals surface area contributed by atoms with E-state index < -0.39 is 0 Å². The fourth-order valence-electron chi connectivity index (χ4n) is 3.50. The van der Waals surface area contributed by atoms with Gasteiger partial charge in [-0.2, -0.15) is 0 Å². The van der Waals surface area contributed by atoms with Crippen LogP contribution in [-0.2, 0) is 6.42 Å². The highest BCUT2D eigenvalue weighted by molar-refractivity contribution is 5.83. The van der Waals surface area contributed by atoms with Crippen molar-refractivity contribution in [3.8, 4) is 22.6 Å². The summed E-state index contributed by atoms with van der Waals surface area (Å²) >= 11 is 0. The normalized spacial score (nSPS) is 12.0. The summed E-state index contributed by atoms with van der Waals surface area (Å²) in [5.41, 5.74) is 5.23. The Bertz CT molecular complexity index is 1060. The minimum Gasteiger partial charge on any atom is -0.456 e. The molecule has 113 valence electrons. The Balaban J connectivity index is 1.56. The smallest absolute Gasteiger partial charge is 0.136 e. The molecule has 0 heterocycles. The van der Waals surface area contributed by atoms with Gasteiger partial charge in [0.2, 0.25) is 0 Å². The van der Waals surface area contributed by atoms with Gasteiger partial charge >= 0.3 is 0 Å². The van der Waals surface area contributed by atoms with Crippen molar-refractivity contribution in [2.24, 2.45) is 0 Å². The van der Waals surface area contributed by atoms with Gasteiger partial charge in [0.15, 0.2) is 0 Å². The van der Waals surface area contributed by atoms with E-state index in [0.717, 1.165) is 23.3 Å².